The fraction of sp³-hybridized carbons (Fsp3) is 0.357. The van der Waals surface area contributed by atoms with Crippen molar-refractivity contribution >= 4 is 23.1 Å². The summed E-state index contributed by atoms with van der Waals surface area (Å²) in [5.41, 5.74) is 4.17. The third kappa shape index (κ3) is 2.37. The molecule has 1 aliphatic carbocycles. The summed E-state index contributed by atoms with van der Waals surface area (Å²) in [5.74, 6) is -0.217. The molecule has 0 fully saturated rings. The predicted octanol–water partition coefficient (Wildman–Crippen LogP) is 3.62. The van der Waals surface area contributed by atoms with Gasteiger partial charge in [0.05, 0.1) is 6.61 Å². The van der Waals surface area contributed by atoms with Crippen molar-refractivity contribution in [2.75, 3.05) is 6.61 Å². The van der Waals surface area contributed by atoms with Crippen molar-refractivity contribution in [3.05, 3.63) is 39.9 Å². The number of hydrogen-bond acceptors (Lipinski definition) is 2. The van der Waals surface area contributed by atoms with Crippen molar-refractivity contribution in [1.29, 1.82) is 0 Å². The predicted molar refractivity (Wildman–Crippen MR) is 69.0 cm³/mol. The molecule has 0 saturated heterocycles. The fourth-order valence-electron chi connectivity index (χ4n) is 2.21. The number of rotatable bonds is 2. The van der Waals surface area contributed by atoms with Crippen molar-refractivity contribution < 1.29 is 9.53 Å². The summed E-state index contributed by atoms with van der Waals surface area (Å²) in [6.07, 6.45) is 1.84. The van der Waals surface area contributed by atoms with E-state index >= 15 is 0 Å². The van der Waals surface area contributed by atoms with E-state index in [2.05, 4.69) is 0 Å². The van der Waals surface area contributed by atoms with Gasteiger partial charge in [0.25, 0.3) is 0 Å². The summed E-state index contributed by atoms with van der Waals surface area (Å²) in [4.78, 5) is 11.7. The number of halogens is 1. The summed E-state index contributed by atoms with van der Waals surface area (Å²) in [6.45, 7) is 4.06. The smallest absolute Gasteiger partial charge is 0.333 e. The van der Waals surface area contributed by atoms with Crippen LogP contribution in [0.15, 0.2) is 23.8 Å². The second-order valence-corrected chi connectivity index (χ2v) is 4.56. The number of fused-ring (bicyclic) bond motifs is 1. The van der Waals surface area contributed by atoms with Gasteiger partial charge in [-0.3, -0.25) is 0 Å². The molecule has 0 amide bonds. The average molecular weight is 251 g/mol. The molecule has 17 heavy (non-hydrogen) atoms. The van der Waals surface area contributed by atoms with E-state index in [1.165, 1.54) is 5.56 Å². The van der Waals surface area contributed by atoms with Crippen LogP contribution in [-0.2, 0) is 16.0 Å². The van der Waals surface area contributed by atoms with Gasteiger partial charge in [-0.05, 0) is 55.5 Å². The minimum Gasteiger partial charge on any atom is -0.463 e. The number of esters is 1. The molecular weight excluding hydrogens is 236 g/mol. The molecule has 1 aromatic carbocycles. The van der Waals surface area contributed by atoms with E-state index in [1.807, 2.05) is 32.0 Å². The molecule has 2 nitrogen and oxygen atoms in total. The SMILES string of the molecule is CCOC(=O)/C(C)=C1/CCc2cc(Cl)ccc21. The Morgan fingerprint density at radius 2 is 2.18 bits per heavy atom. The maximum Gasteiger partial charge on any atom is 0.333 e. The van der Waals surface area contributed by atoms with Gasteiger partial charge in [0.15, 0.2) is 0 Å². The highest BCUT2D eigenvalue weighted by Crippen LogP contribution is 2.36. The first-order chi connectivity index (χ1) is 8.13. The Morgan fingerprint density at radius 3 is 2.88 bits per heavy atom. The first-order valence-electron chi connectivity index (χ1n) is 5.79. The summed E-state index contributed by atoms with van der Waals surface area (Å²) in [7, 11) is 0. The van der Waals surface area contributed by atoms with Crippen LogP contribution in [0.1, 0.15) is 31.4 Å². The van der Waals surface area contributed by atoms with Gasteiger partial charge in [-0.2, -0.15) is 0 Å². The fourth-order valence-corrected chi connectivity index (χ4v) is 2.40. The van der Waals surface area contributed by atoms with Crippen LogP contribution in [0.2, 0.25) is 5.02 Å². The largest absolute Gasteiger partial charge is 0.463 e. The molecular formula is C14H15ClO2. The van der Waals surface area contributed by atoms with Crippen LogP contribution in [0.3, 0.4) is 0 Å². The zero-order valence-corrected chi connectivity index (χ0v) is 10.8. The molecule has 3 heteroatoms. The van der Waals surface area contributed by atoms with Gasteiger partial charge in [0.2, 0.25) is 0 Å². The van der Waals surface area contributed by atoms with Gasteiger partial charge < -0.3 is 4.74 Å². The Morgan fingerprint density at radius 1 is 1.41 bits per heavy atom. The lowest BCUT2D eigenvalue weighted by molar-refractivity contribution is -0.138. The highest BCUT2D eigenvalue weighted by molar-refractivity contribution is 6.30. The van der Waals surface area contributed by atoms with E-state index in [4.69, 9.17) is 16.3 Å². The molecule has 0 atom stereocenters. The van der Waals surface area contributed by atoms with Gasteiger partial charge in [-0.25, -0.2) is 4.79 Å². The lowest BCUT2D eigenvalue weighted by Gasteiger charge is -2.07. The van der Waals surface area contributed by atoms with E-state index in [0.717, 1.165) is 29.0 Å². The first-order valence-corrected chi connectivity index (χ1v) is 6.17. The quantitative estimate of drug-likeness (QED) is 0.592. The molecule has 1 aromatic rings. The Kier molecular flexibility index (Phi) is 3.53. The Bertz CT molecular complexity index is 489. The van der Waals surface area contributed by atoms with Gasteiger partial charge in [-0.15, -0.1) is 0 Å². The maximum absolute atomic E-state index is 11.7. The number of carbonyl (C=O) groups excluding carboxylic acids is 1. The second kappa shape index (κ2) is 4.92. The molecule has 0 aromatic heterocycles. The summed E-state index contributed by atoms with van der Waals surface area (Å²) < 4.78 is 5.03. The van der Waals surface area contributed by atoms with Crippen LogP contribution in [0.4, 0.5) is 0 Å². The molecule has 90 valence electrons. The van der Waals surface area contributed by atoms with Crippen molar-refractivity contribution in [3.8, 4) is 0 Å². The minimum atomic E-state index is -0.217. The van der Waals surface area contributed by atoms with Crippen LogP contribution in [0.5, 0.6) is 0 Å². The summed E-state index contributed by atoms with van der Waals surface area (Å²) >= 11 is 5.96. The van der Waals surface area contributed by atoms with E-state index in [1.54, 1.807) is 0 Å². The number of carbonyl (C=O) groups is 1. The zero-order valence-electron chi connectivity index (χ0n) is 10.0. The Hall–Kier alpha value is -1.28. The van der Waals surface area contributed by atoms with Crippen LogP contribution >= 0.6 is 11.6 Å². The normalized spacial score (nSPS) is 16.6. The molecule has 2 rings (SSSR count). The topological polar surface area (TPSA) is 26.3 Å². The highest BCUT2D eigenvalue weighted by Gasteiger charge is 2.21. The monoisotopic (exact) mass is 250 g/mol. The third-order valence-electron chi connectivity index (χ3n) is 3.07. The lowest BCUT2D eigenvalue weighted by Crippen LogP contribution is -2.06. The molecule has 0 N–H and O–H groups in total. The Labute approximate surface area is 106 Å². The molecule has 0 saturated carbocycles. The van der Waals surface area contributed by atoms with Crippen LogP contribution in [0, 0.1) is 0 Å². The zero-order chi connectivity index (χ0) is 12.4. The van der Waals surface area contributed by atoms with Gasteiger partial charge in [-0.1, -0.05) is 17.7 Å². The second-order valence-electron chi connectivity index (χ2n) is 4.13. The van der Waals surface area contributed by atoms with Gasteiger partial charge >= 0.3 is 5.97 Å². The standard InChI is InChI=1S/C14H15ClO2/c1-3-17-14(16)9(2)12-6-4-10-8-11(15)5-7-13(10)12/h5,7-8H,3-4,6H2,1-2H3/b12-9-. The molecule has 0 radical (unpaired) electrons. The molecule has 1 aliphatic rings. The maximum atomic E-state index is 11.7. The number of aryl methyl sites for hydroxylation is 1. The third-order valence-corrected chi connectivity index (χ3v) is 3.31. The van der Waals surface area contributed by atoms with Crippen molar-refractivity contribution in [1.82, 2.24) is 0 Å². The molecule has 0 unspecified atom stereocenters. The van der Waals surface area contributed by atoms with E-state index in [0.29, 0.717) is 12.2 Å². The molecule has 0 heterocycles. The van der Waals surface area contributed by atoms with Crippen LogP contribution in [-0.4, -0.2) is 12.6 Å². The average Bonchev–Trinajstić information content (AvgIpc) is 2.71. The van der Waals surface area contributed by atoms with Crippen LogP contribution in [0.25, 0.3) is 5.57 Å². The van der Waals surface area contributed by atoms with Gasteiger partial charge in [0, 0.05) is 10.6 Å². The lowest BCUT2D eigenvalue weighted by atomic mass is 10.0. The summed E-state index contributed by atoms with van der Waals surface area (Å²) in [5, 5.41) is 0.749. The van der Waals surface area contributed by atoms with Crippen LogP contribution < -0.4 is 0 Å². The molecule has 0 aliphatic heterocycles. The number of hydrogen-bond donors (Lipinski definition) is 0. The number of benzene rings is 1. The van der Waals surface area contributed by atoms with Gasteiger partial charge in [0.1, 0.15) is 0 Å². The van der Waals surface area contributed by atoms with Crippen molar-refractivity contribution in [3.63, 3.8) is 0 Å². The highest BCUT2D eigenvalue weighted by atomic mass is 35.5. The minimum absolute atomic E-state index is 0.217. The van der Waals surface area contributed by atoms with E-state index < -0.39 is 0 Å². The van der Waals surface area contributed by atoms with E-state index in [-0.39, 0.29) is 5.97 Å². The van der Waals surface area contributed by atoms with Crippen molar-refractivity contribution in [2.24, 2.45) is 0 Å². The molecule has 0 spiro atoms. The van der Waals surface area contributed by atoms with E-state index in [9.17, 15) is 4.79 Å². The number of allylic oxidation sites excluding steroid dienone is 1. The van der Waals surface area contributed by atoms with Crippen molar-refractivity contribution in [2.45, 2.75) is 26.7 Å². The first kappa shape index (κ1) is 12.2. The molecule has 0 bridgehead atoms. The summed E-state index contributed by atoms with van der Waals surface area (Å²) in [6, 6.07) is 5.83. The Balaban J connectivity index is 2.38. The number of ether oxygens (including phenoxy) is 1.